The summed E-state index contributed by atoms with van der Waals surface area (Å²) in [6, 6.07) is 4.42. The molecule has 0 amide bonds. The molecule has 1 aromatic heterocycles. The van der Waals surface area contributed by atoms with E-state index in [0.717, 1.165) is 0 Å². The number of hydrogen-bond donors (Lipinski definition) is 3. The Labute approximate surface area is 134 Å². The van der Waals surface area contributed by atoms with Crippen molar-refractivity contribution in [3.8, 4) is 5.75 Å². The SMILES string of the molecule is N=C1CCC(c2oc3cccc(N=O)c3c(=O)c2ON)=CC1=NO. The quantitative estimate of drug-likeness (QED) is 0.447. The molecular weight excluding hydrogens is 316 g/mol. The summed E-state index contributed by atoms with van der Waals surface area (Å²) in [4.78, 5) is 28.2. The molecule has 0 saturated heterocycles. The molecule has 1 aliphatic rings. The van der Waals surface area contributed by atoms with Crippen LogP contribution in [0.15, 0.2) is 43.8 Å². The number of fused-ring (bicyclic) bond motifs is 1. The summed E-state index contributed by atoms with van der Waals surface area (Å²) in [5.41, 5.74) is 0.146. The fraction of sp³-hybridized carbons (Fsp3) is 0.133. The molecular formula is C15H12N4O5. The Kier molecular flexibility index (Phi) is 3.92. The monoisotopic (exact) mass is 328 g/mol. The van der Waals surface area contributed by atoms with E-state index in [9.17, 15) is 9.70 Å². The Bertz CT molecular complexity index is 974. The summed E-state index contributed by atoms with van der Waals surface area (Å²) in [5, 5.41) is 22.5. The van der Waals surface area contributed by atoms with E-state index < -0.39 is 5.43 Å². The van der Waals surface area contributed by atoms with Crippen molar-refractivity contribution in [3.63, 3.8) is 0 Å². The van der Waals surface area contributed by atoms with Crippen molar-refractivity contribution in [1.29, 1.82) is 5.41 Å². The van der Waals surface area contributed by atoms with Crippen LogP contribution in [0.1, 0.15) is 18.6 Å². The highest BCUT2D eigenvalue weighted by Gasteiger charge is 2.24. The van der Waals surface area contributed by atoms with Gasteiger partial charge in [-0.15, -0.1) is 4.91 Å². The maximum absolute atomic E-state index is 12.6. The van der Waals surface area contributed by atoms with Crippen LogP contribution in [0.3, 0.4) is 0 Å². The molecule has 0 aliphatic heterocycles. The van der Waals surface area contributed by atoms with E-state index >= 15 is 0 Å². The maximum atomic E-state index is 12.6. The summed E-state index contributed by atoms with van der Waals surface area (Å²) in [6.45, 7) is 0. The number of oxime groups is 1. The molecule has 1 aromatic carbocycles. The maximum Gasteiger partial charge on any atom is 0.240 e. The lowest BCUT2D eigenvalue weighted by molar-refractivity contribution is 0.318. The van der Waals surface area contributed by atoms with Gasteiger partial charge in [0.1, 0.15) is 17.0 Å². The van der Waals surface area contributed by atoms with E-state index in [1.54, 1.807) is 0 Å². The average Bonchev–Trinajstić information content (AvgIpc) is 2.61. The first kappa shape index (κ1) is 15.6. The molecule has 1 aliphatic carbocycles. The normalized spacial score (nSPS) is 16.3. The number of nitrogens with one attached hydrogen (secondary N) is 1. The van der Waals surface area contributed by atoms with Crippen molar-refractivity contribution in [1.82, 2.24) is 0 Å². The Morgan fingerprint density at radius 1 is 1.33 bits per heavy atom. The molecule has 1 heterocycles. The smallest absolute Gasteiger partial charge is 0.240 e. The van der Waals surface area contributed by atoms with Crippen molar-refractivity contribution >= 4 is 33.7 Å². The van der Waals surface area contributed by atoms with Crippen LogP contribution in [0, 0.1) is 10.3 Å². The van der Waals surface area contributed by atoms with Crippen molar-refractivity contribution in [2.24, 2.45) is 16.2 Å². The standard InChI is InChI=1S/C15H12N4O5/c16-8-5-4-7(6-10(8)19-22)14-15(24-17)13(20)12-9(18-21)2-1-3-11(12)23-14/h1-3,6,16,22H,4-5,17H2. The predicted octanol–water partition coefficient (Wildman–Crippen LogP) is 2.47. The van der Waals surface area contributed by atoms with Gasteiger partial charge in [0, 0.05) is 5.57 Å². The van der Waals surface area contributed by atoms with E-state index in [1.807, 2.05) is 0 Å². The molecule has 3 rings (SSSR count). The Morgan fingerprint density at radius 3 is 2.79 bits per heavy atom. The van der Waals surface area contributed by atoms with Crippen LogP contribution in [-0.2, 0) is 0 Å². The van der Waals surface area contributed by atoms with Gasteiger partial charge < -0.3 is 19.9 Å². The van der Waals surface area contributed by atoms with Crippen LogP contribution in [0.4, 0.5) is 5.69 Å². The number of hydrogen-bond acceptors (Lipinski definition) is 9. The molecule has 0 bridgehead atoms. The number of nitrogens with zero attached hydrogens (tertiary/aromatic N) is 2. The van der Waals surface area contributed by atoms with Gasteiger partial charge in [-0.1, -0.05) is 11.2 Å². The molecule has 24 heavy (non-hydrogen) atoms. The van der Waals surface area contributed by atoms with Crippen LogP contribution in [0.5, 0.6) is 5.75 Å². The van der Waals surface area contributed by atoms with Gasteiger partial charge in [-0.25, -0.2) is 0 Å². The van der Waals surface area contributed by atoms with Gasteiger partial charge in [0.25, 0.3) is 0 Å². The summed E-state index contributed by atoms with van der Waals surface area (Å²) >= 11 is 0. The number of rotatable bonds is 3. The summed E-state index contributed by atoms with van der Waals surface area (Å²) < 4.78 is 5.70. The summed E-state index contributed by atoms with van der Waals surface area (Å²) in [5.74, 6) is 5.00. The van der Waals surface area contributed by atoms with E-state index in [-0.39, 0.29) is 39.6 Å². The molecule has 0 spiro atoms. The third-order valence-electron chi connectivity index (χ3n) is 3.74. The number of benzene rings is 1. The molecule has 4 N–H and O–H groups in total. The fourth-order valence-corrected chi connectivity index (χ4v) is 2.58. The molecule has 0 fully saturated rings. The molecule has 0 radical (unpaired) electrons. The lowest BCUT2D eigenvalue weighted by Gasteiger charge is -2.16. The van der Waals surface area contributed by atoms with Gasteiger partial charge in [0.2, 0.25) is 11.2 Å². The van der Waals surface area contributed by atoms with Crippen molar-refractivity contribution < 1.29 is 14.5 Å². The first-order valence-electron chi connectivity index (χ1n) is 6.91. The zero-order chi connectivity index (χ0) is 17.3. The van der Waals surface area contributed by atoms with Crippen molar-refractivity contribution in [3.05, 3.63) is 45.2 Å². The molecule has 9 nitrogen and oxygen atoms in total. The van der Waals surface area contributed by atoms with E-state index in [4.69, 9.17) is 20.9 Å². The zero-order valence-corrected chi connectivity index (χ0v) is 12.3. The number of nitrogens with two attached hydrogens (primary N) is 1. The Morgan fingerprint density at radius 2 is 2.12 bits per heavy atom. The molecule has 0 unspecified atom stereocenters. The molecule has 122 valence electrons. The van der Waals surface area contributed by atoms with Crippen LogP contribution in [0.25, 0.3) is 16.5 Å². The van der Waals surface area contributed by atoms with Crippen molar-refractivity contribution in [2.45, 2.75) is 12.8 Å². The second kappa shape index (κ2) is 6.05. The highest BCUT2D eigenvalue weighted by molar-refractivity contribution is 6.47. The highest BCUT2D eigenvalue weighted by Crippen LogP contribution is 2.34. The Balaban J connectivity index is 2.32. The van der Waals surface area contributed by atoms with E-state index in [2.05, 4.69) is 15.2 Å². The van der Waals surface area contributed by atoms with Gasteiger partial charge in [-0.3, -0.25) is 4.79 Å². The van der Waals surface area contributed by atoms with Gasteiger partial charge in [0.15, 0.2) is 5.76 Å². The highest BCUT2D eigenvalue weighted by atomic mass is 16.6. The van der Waals surface area contributed by atoms with Crippen LogP contribution >= 0.6 is 0 Å². The molecule has 9 heteroatoms. The molecule has 0 atom stereocenters. The first-order chi connectivity index (χ1) is 11.6. The van der Waals surface area contributed by atoms with E-state index in [0.29, 0.717) is 18.4 Å². The van der Waals surface area contributed by atoms with Crippen molar-refractivity contribution in [2.75, 3.05) is 0 Å². The minimum absolute atomic E-state index is 0.0306. The first-order valence-corrected chi connectivity index (χ1v) is 6.91. The fourth-order valence-electron chi connectivity index (χ4n) is 2.58. The average molecular weight is 328 g/mol. The molecule has 2 aromatic rings. The number of allylic oxidation sites excluding steroid dienone is 2. The van der Waals surface area contributed by atoms with Gasteiger partial charge in [-0.2, -0.15) is 5.90 Å². The minimum Gasteiger partial charge on any atom is -0.452 e. The zero-order valence-electron chi connectivity index (χ0n) is 12.3. The molecule has 0 saturated carbocycles. The number of nitroso groups, excluding NO2 is 1. The topological polar surface area (TPSA) is 151 Å². The second-order valence-electron chi connectivity index (χ2n) is 5.08. The lowest BCUT2D eigenvalue weighted by Crippen LogP contribution is -2.19. The van der Waals surface area contributed by atoms with Crippen LogP contribution < -0.4 is 16.2 Å². The van der Waals surface area contributed by atoms with Crippen LogP contribution in [-0.4, -0.2) is 16.6 Å². The summed E-state index contributed by atoms with van der Waals surface area (Å²) in [6.07, 6.45) is 2.08. The second-order valence-corrected chi connectivity index (χ2v) is 5.08. The third-order valence-corrected chi connectivity index (χ3v) is 3.74. The lowest BCUT2D eigenvalue weighted by atomic mass is 9.94. The van der Waals surface area contributed by atoms with Gasteiger partial charge in [-0.05, 0) is 36.2 Å². The van der Waals surface area contributed by atoms with Gasteiger partial charge >= 0.3 is 0 Å². The Hall–Kier alpha value is -3.33. The van der Waals surface area contributed by atoms with E-state index in [1.165, 1.54) is 24.3 Å². The largest absolute Gasteiger partial charge is 0.452 e. The third kappa shape index (κ3) is 2.36. The minimum atomic E-state index is -0.631. The predicted molar refractivity (Wildman–Crippen MR) is 86.9 cm³/mol. The summed E-state index contributed by atoms with van der Waals surface area (Å²) in [7, 11) is 0. The van der Waals surface area contributed by atoms with Crippen LogP contribution in [0.2, 0.25) is 0 Å². The van der Waals surface area contributed by atoms with Gasteiger partial charge in [0.05, 0.1) is 11.1 Å².